The molecule has 2 heterocycles. The van der Waals surface area contributed by atoms with Gasteiger partial charge in [-0.15, -0.1) is 0 Å². The molecule has 0 bridgehead atoms. The Labute approximate surface area is 106 Å². The van der Waals surface area contributed by atoms with Crippen molar-refractivity contribution < 1.29 is 4.74 Å². The van der Waals surface area contributed by atoms with Crippen molar-refractivity contribution in [2.45, 2.75) is 58.7 Å². The van der Waals surface area contributed by atoms with Crippen LogP contribution in [0.2, 0.25) is 0 Å². The zero-order valence-electron chi connectivity index (χ0n) is 11.8. The topological polar surface area (TPSA) is 24.5 Å². The average molecular weight is 240 g/mol. The lowest BCUT2D eigenvalue weighted by Gasteiger charge is -2.44. The highest BCUT2D eigenvalue weighted by molar-refractivity contribution is 4.91. The van der Waals surface area contributed by atoms with Crippen molar-refractivity contribution in [1.29, 1.82) is 0 Å². The van der Waals surface area contributed by atoms with E-state index in [0.29, 0.717) is 23.6 Å². The fourth-order valence-corrected chi connectivity index (χ4v) is 2.94. The molecule has 2 rings (SSSR count). The summed E-state index contributed by atoms with van der Waals surface area (Å²) in [6, 6.07) is 1.17. The van der Waals surface area contributed by atoms with E-state index < -0.39 is 0 Å². The maximum absolute atomic E-state index is 5.83. The summed E-state index contributed by atoms with van der Waals surface area (Å²) in [4.78, 5) is 2.61. The van der Waals surface area contributed by atoms with E-state index in [1.807, 2.05) is 0 Å². The molecule has 0 saturated carbocycles. The van der Waals surface area contributed by atoms with Gasteiger partial charge in [0.25, 0.3) is 0 Å². The fourth-order valence-electron chi connectivity index (χ4n) is 2.94. The Hall–Kier alpha value is -0.120. The quantitative estimate of drug-likeness (QED) is 0.797. The molecule has 0 aromatic carbocycles. The second kappa shape index (κ2) is 5.25. The standard InChI is InChI=1S/C14H28N2O/c1-11(12-6-5-9-17-12)16-8-7-15-13(10-16)14(2,3)4/h11-13,15H,5-10H2,1-4H3. The lowest BCUT2D eigenvalue weighted by atomic mass is 9.85. The first-order valence-corrected chi connectivity index (χ1v) is 7.07. The number of nitrogens with zero attached hydrogens (tertiary/aromatic N) is 1. The smallest absolute Gasteiger partial charge is 0.0728 e. The summed E-state index contributed by atoms with van der Waals surface area (Å²) in [6.07, 6.45) is 2.95. The van der Waals surface area contributed by atoms with E-state index in [2.05, 4.69) is 37.9 Å². The van der Waals surface area contributed by atoms with Crippen molar-refractivity contribution in [2.24, 2.45) is 5.41 Å². The zero-order chi connectivity index (χ0) is 12.5. The van der Waals surface area contributed by atoms with E-state index in [9.17, 15) is 0 Å². The van der Waals surface area contributed by atoms with Gasteiger partial charge in [-0.05, 0) is 25.2 Å². The van der Waals surface area contributed by atoms with Gasteiger partial charge in [0.05, 0.1) is 6.10 Å². The van der Waals surface area contributed by atoms with Gasteiger partial charge in [0.2, 0.25) is 0 Å². The number of nitrogens with one attached hydrogen (secondary N) is 1. The van der Waals surface area contributed by atoms with Crippen LogP contribution in [0.1, 0.15) is 40.5 Å². The van der Waals surface area contributed by atoms with Crippen molar-refractivity contribution in [2.75, 3.05) is 26.2 Å². The molecular weight excluding hydrogens is 212 g/mol. The van der Waals surface area contributed by atoms with Crippen molar-refractivity contribution in [3.05, 3.63) is 0 Å². The Balaban J connectivity index is 1.92. The van der Waals surface area contributed by atoms with Crippen molar-refractivity contribution in [3.8, 4) is 0 Å². The molecule has 0 aromatic rings. The third kappa shape index (κ3) is 3.21. The molecule has 0 aromatic heterocycles. The fraction of sp³-hybridized carbons (Fsp3) is 1.00. The first-order chi connectivity index (χ1) is 7.98. The Morgan fingerprint density at radius 1 is 1.35 bits per heavy atom. The molecule has 3 nitrogen and oxygen atoms in total. The molecule has 0 aliphatic carbocycles. The van der Waals surface area contributed by atoms with Crippen molar-refractivity contribution in [3.63, 3.8) is 0 Å². The number of ether oxygens (including phenoxy) is 1. The van der Waals surface area contributed by atoms with Gasteiger partial charge in [0.1, 0.15) is 0 Å². The van der Waals surface area contributed by atoms with Crippen LogP contribution in [0.5, 0.6) is 0 Å². The molecule has 3 atom stereocenters. The largest absolute Gasteiger partial charge is 0.377 e. The third-order valence-electron chi connectivity index (χ3n) is 4.33. The van der Waals surface area contributed by atoms with Crippen LogP contribution in [-0.4, -0.2) is 49.3 Å². The van der Waals surface area contributed by atoms with E-state index in [4.69, 9.17) is 4.74 Å². The molecule has 3 unspecified atom stereocenters. The minimum Gasteiger partial charge on any atom is -0.377 e. The number of hydrogen-bond acceptors (Lipinski definition) is 3. The Bertz CT molecular complexity index is 243. The molecular formula is C14H28N2O. The number of hydrogen-bond donors (Lipinski definition) is 1. The van der Waals surface area contributed by atoms with E-state index in [-0.39, 0.29) is 0 Å². The second-order valence-electron chi connectivity index (χ2n) is 6.66. The summed E-state index contributed by atoms with van der Waals surface area (Å²) >= 11 is 0. The van der Waals surface area contributed by atoms with Gasteiger partial charge in [-0.25, -0.2) is 0 Å². The first kappa shape index (κ1) is 13.3. The highest BCUT2D eigenvalue weighted by atomic mass is 16.5. The van der Waals surface area contributed by atoms with E-state index >= 15 is 0 Å². The lowest BCUT2D eigenvalue weighted by Crippen LogP contribution is -2.59. The number of rotatable bonds is 2. The highest BCUT2D eigenvalue weighted by Crippen LogP contribution is 2.25. The summed E-state index contributed by atoms with van der Waals surface area (Å²) < 4.78 is 5.83. The summed E-state index contributed by atoms with van der Waals surface area (Å²) in [5, 5.41) is 3.65. The van der Waals surface area contributed by atoms with Crippen LogP contribution in [0.3, 0.4) is 0 Å². The Morgan fingerprint density at radius 3 is 2.71 bits per heavy atom. The van der Waals surface area contributed by atoms with Crippen LogP contribution in [0.25, 0.3) is 0 Å². The van der Waals surface area contributed by atoms with Gasteiger partial charge in [0, 0.05) is 38.3 Å². The minimum absolute atomic E-state index is 0.342. The molecule has 2 saturated heterocycles. The highest BCUT2D eigenvalue weighted by Gasteiger charge is 2.34. The van der Waals surface area contributed by atoms with Crippen LogP contribution >= 0.6 is 0 Å². The summed E-state index contributed by atoms with van der Waals surface area (Å²) in [7, 11) is 0. The minimum atomic E-state index is 0.342. The first-order valence-electron chi connectivity index (χ1n) is 7.07. The van der Waals surface area contributed by atoms with E-state index in [1.54, 1.807) is 0 Å². The van der Waals surface area contributed by atoms with Crippen LogP contribution in [0, 0.1) is 5.41 Å². The van der Waals surface area contributed by atoms with Gasteiger partial charge in [-0.1, -0.05) is 20.8 Å². The van der Waals surface area contributed by atoms with E-state index in [1.165, 1.54) is 12.8 Å². The van der Waals surface area contributed by atoms with Crippen LogP contribution in [-0.2, 0) is 4.74 Å². The van der Waals surface area contributed by atoms with Gasteiger partial charge in [0.15, 0.2) is 0 Å². The second-order valence-corrected chi connectivity index (χ2v) is 6.66. The monoisotopic (exact) mass is 240 g/mol. The Kier molecular flexibility index (Phi) is 4.11. The molecule has 0 spiro atoms. The van der Waals surface area contributed by atoms with Crippen LogP contribution < -0.4 is 5.32 Å². The maximum atomic E-state index is 5.83. The van der Waals surface area contributed by atoms with Crippen LogP contribution in [0.4, 0.5) is 0 Å². The maximum Gasteiger partial charge on any atom is 0.0728 e. The van der Waals surface area contributed by atoms with Crippen LogP contribution in [0.15, 0.2) is 0 Å². The third-order valence-corrected chi connectivity index (χ3v) is 4.33. The molecule has 100 valence electrons. The summed E-state index contributed by atoms with van der Waals surface area (Å²) in [5.41, 5.74) is 0.342. The Morgan fingerprint density at radius 2 is 2.12 bits per heavy atom. The lowest BCUT2D eigenvalue weighted by molar-refractivity contribution is 0.0100. The predicted molar refractivity (Wildman–Crippen MR) is 71.3 cm³/mol. The summed E-state index contributed by atoms with van der Waals surface area (Å²) in [5.74, 6) is 0. The molecule has 0 amide bonds. The van der Waals surface area contributed by atoms with Gasteiger partial charge >= 0.3 is 0 Å². The predicted octanol–water partition coefficient (Wildman–Crippen LogP) is 1.87. The molecule has 2 fully saturated rings. The molecule has 1 N–H and O–H groups in total. The number of piperazine rings is 1. The van der Waals surface area contributed by atoms with Gasteiger partial charge in [-0.2, -0.15) is 0 Å². The van der Waals surface area contributed by atoms with Gasteiger partial charge < -0.3 is 10.1 Å². The SMILES string of the molecule is CC(C1CCCO1)N1CCNC(C(C)(C)C)C1. The molecule has 3 heteroatoms. The molecule has 0 radical (unpaired) electrons. The molecule has 17 heavy (non-hydrogen) atoms. The molecule has 2 aliphatic rings. The normalized spacial score (nSPS) is 33.9. The van der Waals surface area contributed by atoms with Crippen molar-refractivity contribution >= 4 is 0 Å². The zero-order valence-corrected chi connectivity index (χ0v) is 11.8. The van der Waals surface area contributed by atoms with E-state index in [0.717, 1.165) is 26.2 Å². The molecule has 2 aliphatic heterocycles. The summed E-state index contributed by atoms with van der Waals surface area (Å²) in [6.45, 7) is 13.7. The van der Waals surface area contributed by atoms with Crippen molar-refractivity contribution in [1.82, 2.24) is 10.2 Å². The van der Waals surface area contributed by atoms with Gasteiger partial charge in [-0.3, -0.25) is 4.90 Å². The average Bonchev–Trinajstić information content (AvgIpc) is 2.80.